The van der Waals surface area contributed by atoms with Crippen molar-refractivity contribution in [2.45, 2.75) is 6.92 Å². The van der Waals surface area contributed by atoms with Crippen molar-refractivity contribution in [3.05, 3.63) is 35.3 Å². The van der Waals surface area contributed by atoms with E-state index in [9.17, 15) is 4.79 Å². The number of hydrogen-bond donors (Lipinski definition) is 0. The van der Waals surface area contributed by atoms with E-state index in [-0.39, 0.29) is 12.3 Å². The van der Waals surface area contributed by atoms with Gasteiger partial charge in [-0.25, -0.2) is 9.78 Å². The van der Waals surface area contributed by atoms with Crippen molar-refractivity contribution in [3.63, 3.8) is 0 Å². The van der Waals surface area contributed by atoms with Crippen molar-refractivity contribution in [2.24, 2.45) is 0 Å². The number of halogens is 1. The van der Waals surface area contributed by atoms with E-state index in [1.165, 1.54) is 13.5 Å². The zero-order valence-electron chi connectivity index (χ0n) is 10.5. The molecule has 1 heterocycles. The Hall–Kier alpha value is -2.01. The lowest BCUT2D eigenvalue weighted by molar-refractivity contribution is 0.0520. The number of benzene rings is 1. The van der Waals surface area contributed by atoms with Gasteiger partial charge in [-0.15, -0.1) is 0 Å². The minimum atomic E-state index is -0.539. The fourth-order valence-corrected chi connectivity index (χ4v) is 1.80. The molecule has 0 aliphatic rings. The molecule has 1 aromatic heterocycles. The number of rotatable bonds is 4. The van der Waals surface area contributed by atoms with Gasteiger partial charge >= 0.3 is 5.97 Å². The number of esters is 1. The van der Waals surface area contributed by atoms with Gasteiger partial charge in [-0.3, -0.25) is 0 Å². The Labute approximate surface area is 115 Å². The number of hydrogen-bond acceptors (Lipinski definition) is 5. The largest absolute Gasteiger partial charge is 0.496 e. The first-order chi connectivity index (χ1) is 9.17. The van der Waals surface area contributed by atoms with E-state index in [0.717, 1.165) is 0 Å². The van der Waals surface area contributed by atoms with Crippen LogP contribution in [0.5, 0.6) is 5.75 Å². The summed E-state index contributed by atoms with van der Waals surface area (Å²) in [5.74, 6) is 0.255. The summed E-state index contributed by atoms with van der Waals surface area (Å²) < 4.78 is 15.4. The molecule has 100 valence electrons. The van der Waals surface area contributed by atoms with Crippen LogP contribution in [0.25, 0.3) is 11.3 Å². The highest BCUT2D eigenvalue weighted by Gasteiger charge is 2.22. The average molecular weight is 282 g/mol. The third-order valence-corrected chi connectivity index (χ3v) is 2.68. The van der Waals surface area contributed by atoms with Crippen LogP contribution in [0.2, 0.25) is 5.02 Å². The SMILES string of the molecule is CCOC(=O)c1ncoc1-c1ccc(Cl)cc1OC. The van der Waals surface area contributed by atoms with Crippen LogP contribution in [-0.4, -0.2) is 24.7 Å². The second-order valence-corrected chi connectivity index (χ2v) is 4.03. The van der Waals surface area contributed by atoms with E-state index in [1.807, 2.05) is 0 Å². The summed E-state index contributed by atoms with van der Waals surface area (Å²) in [5.41, 5.74) is 0.704. The molecule has 0 saturated carbocycles. The second-order valence-electron chi connectivity index (χ2n) is 3.60. The molecule has 2 rings (SSSR count). The lowest BCUT2D eigenvalue weighted by Gasteiger charge is -2.07. The third-order valence-electron chi connectivity index (χ3n) is 2.44. The Balaban J connectivity index is 2.48. The van der Waals surface area contributed by atoms with Crippen molar-refractivity contribution in [3.8, 4) is 17.1 Å². The van der Waals surface area contributed by atoms with Crippen LogP contribution in [0, 0.1) is 0 Å². The monoisotopic (exact) mass is 281 g/mol. The van der Waals surface area contributed by atoms with Gasteiger partial charge in [-0.1, -0.05) is 11.6 Å². The van der Waals surface area contributed by atoms with Gasteiger partial charge in [0.25, 0.3) is 0 Å². The van der Waals surface area contributed by atoms with E-state index in [0.29, 0.717) is 22.1 Å². The fraction of sp³-hybridized carbons (Fsp3) is 0.231. The van der Waals surface area contributed by atoms with E-state index >= 15 is 0 Å². The molecule has 0 atom stereocenters. The summed E-state index contributed by atoms with van der Waals surface area (Å²) in [6.07, 6.45) is 1.19. The zero-order valence-corrected chi connectivity index (χ0v) is 11.2. The number of carbonyl (C=O) groups excluding carboxylic acids is 1. The second kappa shape index (κ2) is 5.75. The lowest BCUT2D eigenvalue weighted by Crippen LogP contribution is -2.06. The van der Waals surface area contributed by atoms with Crippen LogP contribution in [0.4, 0.5) is 0 Å². The highest BCUT2D eigenvalue weighted by atomic mass is 35.5. The summed E-state index contributed by atoms with van der Waals surface area (Å²) >= 11 is 5.89. The van der Waals surface area contributed by atoms with Crippen LogP contribution in [0.15, 0.2) is 29.0 Å². The summed E-state index contributed by atoms with van der Waals surface area (Å²) in [6, 6.07) is 5.01. The molecule has 0 saturated heterocycles. The minimum Gasteiger partial charge on any atom is -0.496 e. The first-order valence-electron chi connectivity index (χ1n) is 5.62. The van der Waals surface area contributed by atoms with Crippen LogP contribution in [0.1, 0.15) is 17.4 Å². The van der Waals surface area contributed by atoms with Crippen molar-refractivity contribution >= 4 is 17.6 Å². The number of nitrogens with zero attached hydrogens (tertiary/aromatic N) is 1. The molecule has 0 aliphatic heterocycles. The van der Waals surface area contributed by atoms with Crippen molar-refractivity contribution < 1.29 is 18.7 Å². The van der Waals surface area contributed by atoms with Gasteiger partial charge in [0.1, 0.15) is 5.75 Å². The average Bonchev–Trinajstić information content (AvgIpc) is 2.88. The van der Waals surface area contributed by atoms with Gasteiger partial charge in [0.15, 0.2) is 17.8 Å². The number of carbonyl (C=O) groups is 1. The van der Waals surface area contributed by atoms with Gasteiger partial charge in [-0.05, 0) is 25.1 Å². The summed E-state index contributed by atoms with van der Waals surface area (Å²) in [4.78, 5) is 15.6. The molecule has 0 fully saturated rings. The van der Waals surface area contributed by atoms with Gasteiger partial charge in [-0.2, -0.15) is 0 Å². The maximum atomic E-state index is 11.8. The molecule has 6 heteroatoms. The van der Waals surface area contributed by atoms with E-state index < -0.39 is 5.97 Å². The normalized spacial score (nSPS) is 10.3. The van der Waals surface area contributed by atoms with Gasteiger partial charge in [0.2, 0.25) is 0 Å². The minimum absolute atomic E-state index is 0.113. The molecule has 5 nitrogen and oxygen atoms in total. The highest BCUT2D eigenvalue weighted by molar-refractivity contribution is 6.30. The first-order valence-corrected chi connectivity index (χ1v) is 5.99. The summed E-state index contributed by atoms with van der Waals surface area (Å²) in [5, 5.41) is 0.526. The summed E-state index contributed by atoms with van der Waals surface area (Å²) in [6.45, 7) is 1.99. The molecule has 2 aromatic rings. The molecular weight excluding hydrogens is 270 g/mol. The van der Waals surface area contributed by atoms with E-state index in [4.69, 9.17) is 25.5 Å². The molecule has 0 radical (unpaired) electrons. The predicted molar refractivity (Wildman–Crippen MR) is 69.5 cm³/mol. The Morgan fingerprint density at radius 1 is 1.47 bits per heavy atom. The van der Waals surface area contributed by atoms with Gasteiger partial charge in [0.05, 0.1) is 19.3 Å². The topological polar surface area (TPSA) is 61.6 Å². The Morgan fingerprint density at radius 3 is 2.95 bits per heavy atom. The molecule has 0 unspecified atom stereocenters. The predicted octanol–water partition coefficient (Wildman–Crippen LogP) is 3.18. The molecule has 0 amide bonds. The Morgan fingerprint density at radius 2 is 2.26 bits per heavy atom. The molecule has 19 heavy (non-hydrogen) atoms. The number of methoxy groups -OCH3 is 1. The number of ether oxygens (including phenoxy) is 2. The van der Waals surface area contributed by atoms with Crippen molar-refractivity contribution in [2.75, 3.05) is 13.7 Å². The number of aromatic nitrogens is 1. The first kappa shape index (κ1) is 13.4. The highest BCUT2D eigenvalue weighted by Crippen LogP contribution is 2.34. The van der Waals surface area contributed by atoms with E-state index in [1.54, 1.807) is 25.1 Å². The van der Waals surface area contributed by atoms with Crippen molar-refractivity contribution in [1.82, 2.24) is 4.98 Å². The van der Waals surface area contributed by atoms with Gasteiger partial charge < -0.3 is 13.9 Å². The summed E-state index contributed by atoms with van der Waals surface area (Å²) in [7, 11) is 1.51. The zero-order chi connectivity index (χ0) is 13.8. The standard InChI is InChI=1S/C13H12ClNO4/c1-3-18-13(16)11-12(19-7-15-11)9-5-4-8(14)6-10(9)17-2/h4-7H,3H2,1-2H3. The molecule has 1 aromatic carbocycles. The van der Waals surface area contributed by atoms with Crippen LogP contribution in [0.3, 0.4) is 0 Å². The van der Waals surface area contributed by atoms with Crippen LogP contribution >= 0.6 is 11.6 Å². The van der Waals surface area contributed by atoms with Gasteiger partial charge in [0, 0.05) is 5.02 Å². The van der Waals surface area contributed by atoms with Crippen LogP contribution < -0.4 is 4.74 Å². The molecular formula is C13H12ClNO4. The maximum Gasteiger partial charge on any atom is 0.360 e. The molecule has 0 aliphatic carbocycles. The quantitative estimate of drug-likeness (QED) is 0.806. The molecule has 0 bridgehead atoms. The number of oxazole rings is 1. The van der Waals surface area contributed by atoms with E-state index in [2.05, 4.69) is 4.98 Å². The maximum absolute atomic E-state index is 11.8. The fourth-order valence-electron chi connectivity index (χ4n) is 1.63. The Kier molecular flexibility index (Phi) is 4.06. The van der Waals surface area contributed by atoms with Crippen LogP contribution in [-0.2, 0) is 4.74 Å². The molecule has 0 N–H and O–H groups in total. The smallest absolute Gasteiger partial charge is 0.360 e. The third kappa shape index (κ3) is 2.71. The van der Waals surface area contributed by atoms with Crippen molar-refractivity contribution in [1.29, 1.82) is 0 Å². The molecule has 0 spiro atoms. The lowest BCUT2D eigenvalue weighted by atomic mass is 10.1. The Bertz CT molecular complexity index is 594.